The Bertz CT molecular complexity index is 1180. The molecule has 2 heterocycles. The maximum absolute atomic E-state index is 13.0. The second kappa shape index (κ2) is 8.37. The highest BCUT2D eigenvalue weighted by Gasteiger charge is 2.19. The number of carbonyl (C=O) groups excluding carboxylic acids is 1. The first-order valence-electron chi connectivity index (χ1n) is 9.90. The first-order chi connectivity index (χ1) is 14.5. The van der Waals surface area contributed by atoms with Gasteiger partial charge in [-0.1, -0.05) is 48.0 Å². The van der Waals surface area contributed by atoms with Gasteiger partial charge in [-0.3, -0.25) is 9.48 Å². The van der Waals surface area contributed by atoms with Crippen molar-refractivity contribution in [2.75, 3.05) is 13.2 Å². The van der Waals surface area contributed by atoms with Gasteiger partial charge in [0.1, 0.15) is 12.4 Å². The highest BCUT2D eigenvalue weighted by molar-refractivity contribution is 6.07. The van der Waals surface area contributed by atoms with E-state index in [0.717, 1.165) is 28.1 Å². The van der Waals surface area contributed by atoms with Gasteiger partial charge in [-0.25, -0.2) is 4.98 Å². The molecule has 0 fully saturated rings. The molecule has 0 spiro atoms. The molecule has 0 bridgehead atoms. The Labute approximate surface area is 175 Å². The molecule has 0 saturated heterocycles. The minimum atomic E-state index is -0.164. The number of aromatic nitrogens is 3. The fourth-order valence-electron chi connectivity index (χ4n) is 3.44. The number of amides is 1. The van der Waals surface area contributed by atoms with Crippen molar-refractivity contribution >= 4 is 16.9 Å². The standard InChI is InChI=1S/C24H24N4O2/c1-16-9-11-19(12-10-16)30-14-13-25-24(29)20-15-21(18-7-5-4-6-8-18)26-23-22(20)17(2)27-28(23)3/h4-12,15H,13-14H2,1-3H3,(H,25,29). The molecule has 1 amide bonds. The van der Waals surface area contributed by atoms with Gasteiger partial charge in [-0.05, 0) is 32.0 Å². The number of hydrogen-bond donors (Lipinski definition) is 1. The number of nitrogens with zero attached hydrogens (tertiary/aromatic N) is 3. The highest BCUT2D eigenvalue weighted by atomic mass is 16.5. The molecule has 0 aliphatic rings. The van der Waals surface area contributed by atoms with Crippen molar-refractivity contribution in [3.8, 4) is 17.0 Å². The van der Waals surface area contributed by atoms with E-state index in [1.165, 1.54) is 5.56 Å². The molecule has 0 radical (unpaired) electrons. The van der Waals surface area contributed by atoms with E-state index in [-0.39, 0.29) is 5.91 Å². The predicted octanol–water partition coefficient (Wildman–Crippen LogP) is 4.06. The van der Waals surface area contributed by atoms with Crippen LogP contribution in [0.15, 0.2) is 60.7 Å². The zero-order valence-electron chi connectivity index (χ0n) is 17.3. The van der Waals surface area contributed by atoms with E-state index in [2.05, 4.69) is 10.4 Å². The van der Waals surface area contributed by atoms with Crippen LogP contribution in [0.5, 0.6) is 5.75 Å². The average Bonchev–Trinajstić information content (AvgIpc) is 3.06. The van der Waals surface area contributed by atoms with E-state index in [4.69, 9.17) is 9.72 Å². The minimum absolute atomic E-state index is 0.164. The van der Waals surface area contributed by atoms with Gasteiger partial charge in [0.15, 0.2) is 5.65 Å². The van der Waals surface area contributed by atoms with Crippen LogP contribution in [0.4, 0.5) is 0 Å². The van der Waals surface area contributed by atoms with Crippen molar-refractivity contribution in [1.82, 2.24) is 20.1 Å². The Balaban J connectivity index is 1.55. The quantitative estimate of drug-likeness (QED) is 0.496. The molecule has 1 N–H and O–H groups in total. The SMILES string of the molecule is Cc1ccc(OCCNC(=O)c2cc(-c3ccccc3)nc3c2c(C)nn3C)cc1. The first-order valence-corrected chi connectivity index (χ1v) is 9.90. The topological polar surface area (TPSA) is 69.0 Å². The maximum Gasteiger partial charge on any atom is 0.252 e. The predicted molar refractivity (Wildman–Crippen MR) is 118 cm³/mol. The summed E-state index contributed by atoms with van der Waals surface area (Å²) in [5.74, 6) is 0.624. The lowest BCUT2D eigenvalue weighted by Gasteiger charge is -2.10. The van der Waals surface area contributed by atoms with Crippen LogP contribution in [-0.2, 0) is 7.05 Å². The molecule has 2 aromatic carbocycles. The Morgan fingerprint density at radius 2 is 1.80 bits per heavy atom. The van der Waals surface area contributed by atoms with Gasteiger partial charge in [0.05, 0.1) is 28.9 Å². The summed E-state index contributed by atoms with van der Waals surface area (Å²) in [6.45, 7) is 4.71. The van der Waals surface area contributed by atoms with E-state index in [1.54, 1.807) is 4.68 Å². The molecule has 6 nitrogen and oxygen atoms in total. The van der Waals surface area contributed by atoms with E-state index < -0.39 is 0 Å². The third-order valence-corrected chi connectivity index (χ3v) is 4.96. The summed E-state index contributed by atoms with van der Waals surface area (Å²) >= 11 is 0. The molecule has 4 rings (SSSR count). The van der Waals surface area contributed by atoms with Crippen molar-refractivity contribution < 1.29 is 9.53 Å². The molecular formula is C24H24N4O2. The molecule has 30 heavy (non-hydrogen) atoms. The number of aryl methyl sites for hydroxylation is 3. The lowest BCUT2D eigenvalue weighted by Crippen LogP contribution is -2.28. The molecule has 0 aliphatic carbocycles. The van der Waals surface area contributed by atoms with Gasteiger partial charge in [-0.15, -0.1) is 0 Å². The molecule has 2 aromatic heterocycles. The Morgan fingerprint density at radius 1 is 1.07 bits per heavy atom. The smallest absolute Gasteiger partial charge is 0.252 e. The van der Waals surface area contributed by atoms with Crippen LogP contribution in [0.1, 0.15) is 21.6 Å². The molecule has 152 valence electrons. The van der Waals surface area contributed by atoms with E-state index in [0.29, 0.717) is 24.4 Å². The molecular weight excluding hydrogens is 376 g/mol. The van der Waals surface area contributed by atoms with Crippen LogP contribution in [0.25, 0.3) is 22.3 Å². The second-order valence-electron chi connectivity index (χ2n) is 7.25. The summed E-state index contributed by atoms with van der Waals surface area (Å²) < 4.78 is 7.43. The average molecular weight is 400 g/mol. The van der Waals surface area contributed by atoms with Crippen LogP contribution in [0, 0.1) is 13.8 Å². The summed E-state index contributed by atoms with van der Waals surface area (Å²) in [7, 11) is 1.84. The Kier molecular flexibility index (Phi) is 5.48. The third-order valence-electron chi connectivity index (χ3n) is 4.96. The number of carbonyl (C=O) groups is 1. The van der Waals surface area contributed by atoms with E-state index in [1.807, 2.05) is 81.6 Å². The number of ether oxygens (including phenoxy) is 1. The van der Waals surface area contributed by atoms with Crippen LogP contribution < -0.4 is 10.1 Å². The third kappa shape index (κ3) is 4.03. The van der Waals surface area contributed by atoms with Gasteiger partial charge in [0, 0.05) is 12.6 Å². The fourth-order valence-corrected chi connectivity index (χ4v) is 3.44. The summed E-state index contributed by atoms with van der Waals surface area (Å²) in [6, 6.07) is 19.5. The van der Waals surface area contributed by atoms with Gasteiger partial charge >= 0.3 is 0 Å². The van der Waals surface area contributed by atoms with Crippen LogP contribution >= 0.6 is 0 Å². The van der Waals surface area contributed by atoms with Gasteiger partial charge < -0.3 is 10.1 Å². The minimum Gasteiger partial charge on any atom is -0.492 e. The molecule has 0 unspecified atom stereocenters. The van der Waals surface area contributed by atoms with Crippen molar-refractivity contribution in [3.63, 3.8) is 0 Å². The zero-order valence-corrected chi connectivity index (χ0v) is 17.3. The molecule has 0 saturated carbocycles. The summed E-state index contributed by atoms with van der Waals surface area (Å²) in [5, 5.41) is 8.19. The number of hydrogen-bond acceptors (Lipinski definition) is 4. The zero-order chi connectivity index (χ0) is 21.1. The Hall–Kier alpha value is -3.67. The largest absolute Gasteiger partial charge is 0.492 e. The number of nitrogens with one attached hydrogen (secondary N) is 1. The fraction of sp³-hybridized carbons (Fsp3) is 0.208. The van der Waals surface area contributed by atoms with Crippen molar-refractivity contribution in [2.45, 2.75) is 13.8 Å². The van der Waals surface area contributed by atoms with Gasteiger partial charge in [0.25, 0.3) is 5.91 Å². The number of benzene rings is 2. The second-order valence-corrected chi connectivity index (χ2v) is 7.25. The lowest BCUT2D eigenvalue weighted by molar-refractivity contribution is 0.0948. The number of pyridine rings is 1. The maximum atomic E-state index is 13.0. The number of rotatable bonds is 6. The number of fused-ring (bicyclic) bond motifs is 1. The summed E-state index contributed by atoms with van der Waals surface area (Å²) in [5.41, 5.74) is 4.91. The van der Waals surface area contributed by atoms with Gasteiger partial charge in [0.2, 0.25) is 0 Å². The van der Waals surface area contributed by atoms with Crippen molar-refractivity contribution in [2.24, 2.45) is 7.05 Å². The summed E-state index contributed by atoms with van der Waals surface area (Å²) in [6.07, 6.45) is 0. The molecule has 6 heteroatoms. The normalized spacial score (nSPS) is 10.9. The van der Waals surface area contributed by atoms with Crippen LogP contribution in [0.2, 0.25) is 0 Å². The van der Waals surface area contributed by atoms with Crippen LogP contribution in [0.3, 0.4) is 0 Å². The highest BCUT2D eigenvalue weighted by Crippen LogP contribution is 2.26. The van der Waals surface area contributed by atoms with Crippen molar-refractivity contribution in [3.05, 3.63) is 77.5 Å². The summed E-state index contributed by atoms with van der Waals surface area (Å²) in [4.78, 5) is 17.8. The van der Waals surface area contributed by atoms with E-state index in [9.17, 15) is 4.79 Å². The monoisotopic (exact) mass is 400 g/mol. The van der Waals surface area contributed by atoms with Gasteiger partial charge in [-0.2, -0.15) is 5.10 Å². The molecule has 4 aromatic rings. The molecule has 0 atom stereocenters. The lowest BCUT2D eigenvalue weighted by atomic mass is 10.0. The van der Waals surface area contributed by atoms with Crippen LogP contribution in [-0.4, -0.2) is 33.8 Å². The Morgan fingerprint density at radius 3 is 2.53 bits per heavy atom. The molecule has 0 aliphatic heterocycles. The van der Waals surface area contributed by atoms with E-state index >= 15 is 0 Å². The van der Waals surface area contributed by atoms with Crippen molar-refractivity contribution in [1.29, 1.82) is 0 Å². The first kappa shape index (κ1) is 19.6.